The van der Waals surface area contributed by atoms with E-state index in [2.05, 4.69) is 4.36 Å². The lowest BCUT2D eigenvalue weighted by Gasteiger charge is -1.73. The predicted molar refractivity (Wildman–Crippen MR) is 24.0 cm³/mol. The molecule has 6 nitrogen and oxygen atoms in total. The maximum Gasteiger partial charge on any atom is 0.397 e. The van der Waals surface area contributed by atoms with Crippen LogP contribution in [0.3, 0.4) is 0 Å². The number of carbonyl (C=O) groups excluding carboxylic acids is 1. The van der Waals surface area contributed by atoms with Crippen LogP contribution in [-0.4, -0.2) is 25.4 Å². The SMILES string of the molecule is O=C(O)C(=O)N=S(=O)=O. The number of carbonyl (C=O) groups is 2. The van der Waals surface area contributed by atoms with Crippen molar-refractivity contribution in [3.63, 3.8) is 0 Å². The van der Waals surface area contributed by atoms with Crippen LogP contribution in [0.2, 0.25) is 0 Å². The Kier molecular flexibility index (Phi) is 2.52. The fourth-order valence-corrected chi connectivity index (χ4v) is 0.320. The van der Waals surface area contributed by atoms with Gasteiger partial charge < -0.3 is 5.11 Å². The molecule has 0 aromatic heterocycles. The van der Waals surface area contributed by atoms with Gasteiger partial charge in [0.25, 0.3) is 0 Å². The van der Waals surface area contributed by atoms with Crippen LogP contribution in [0, 0.1) is 0 Å². The summed E-state index contributed by atoms with van der Waals surface area (Å²) in [6.45, 7) is 0. The van der Waals surface area contributed by atoms with Crippen LogP contribution in [0.5, 0.6) is 0 Å². The van der Waals surface area contributed by atoms with Crippen LogP contribution in [0.25, 0.3) is 0 Å². The predicted octanol–water partition coefficient (Wildman–Crippen LogP) is -1.34. The smallest absolute Gasteiger partial charge is 0.397 e. The summed E-state index contributed by atoms with van der Waals surface area (Å²) in [5.74, 6) is -3.58. The molecule has 0 bridgehead atoms. The molecule has 0 aliphatic carbocycles. The Hall–Kier alpha value is -1.24. The van der Waals surface area contributed by atoms with Gasteiger partial charge in [-0.05, 0) is 0 Å². The molecule has 0 spiro atoms. The molecule has 0 radical (unpaired) electrons. The Labute approximate surface area is 50.8 Å². The molecule has 9 heavy (non-hydrogen) atoms. The highest BCUT2D eigenvalue weighted by atomic mass is 32.2. The third-order valence-electron chi connectivity index (χ3n) is 0.340. The van der Waals surface area contributed by atoms with Gasteiger partial charge in [0.15, 0.2) is 0 Å². The molecule has 1 amide bonds. The molecule has 0 fully saturated rings. The minimum absolute atomic E-state index is 1.69. The van der Waals surface area contributed by atoms with Gasteiger partial charge in [0.2, 0.25) is 0 Å². The van der Waals surface area contributed by atoms with Crippen molar-refractivity contribution in [1.82, 2.24) is 0 Å². The molecular weight excluding hydrogens is 150 g/mol. The number of amides is 1. The summed E-state index contributed by atoms with van der Waals surface area (Å²) in [7, 11) is -2.97. The molecule has 0 saturated carbocycles. The quantitative estimate of drug-likeness (QED) is 0.432. The van der Waals surface area contributed by atoms with E-state index in [0.717, 1.165) is 0 Å². The van der Waals surface area contributed by atoms with E-state index in [-0.39, 0.29) is 0 Å². The van der Waals surface area contributed by atoms with Crippen molar-refractivity contribution < 1.29 is 23.1 Å². The number of carboxylic acids is 1. The molecule has 0 aliphatic rings. The standard InChI is InChI=1S/C2HNO5S/c4-1(2(5)6)3-9(7)8/h(H,5,6). The van der Waals surface area contributed by atoms with Crippen LogP contribution in [0.15, 0.2) is 4.36 Å². The molecule has 0 aromatic rings. The summed E-state index contributed by atoms with van der Waals surface area (Å²) in [6.07, 6.45) is 0. The zero-order valence-electron chi connectivity index (χ0n) is 3.94. The highest BCUT2D eigenvalue weighted by molar-refractivity contribution is 7.62. The van der Waals surface area contributed by atoms with Crippen LogP contribution in [0.1, 0.15) is 0 Å². The highest BCUT2D eigenvalue weighted by Gasteiger charge is 2.08. The number of rotatable bonds is 0. The number of nitrogens with zero attached hydrogens (tertiary/aromatic N) is 1. The third-order valence-corrected chi connectivity index (χ3v) is 0.655. The van der Waals surface area contributed by atoms with E-state index >= 15 is 0 Å². The molecule has 0 saturated heterocycles. The average Bonchev–Trinajstić information content (AvgIpc) is 1.63. The van der Waals surface area contributed by atoms with Crippen LogP contribution < -0.4 is 0 Å². The Morgan fingerprint density at radius 2 is 1.78 bits per heavy atom. The second-order valence-corrected chi connectivity index (χ2v) is 1.54. The average molecular weight is 151 g/mol. The lowest BCUT2D eigenvalue weighted by molar-refractivity contribution is -0.148. The second-order valence-electron chi connectivity index (χ2n) is 0.919. The van der Waals surface area contributed by atoms with Gasteiger partial charge in [0, 0.05) is 0 Å². The maximum atomic E-state index is 9.79. The fraction of sp³-hybridized carbons (Fsp3) is 0. The molecule has 1 N–H and O–H groups in total. The summed E-state index contributed by atoms with van der Waals surface area (Å²) >= 11 is 0. The van der Waals surface area contributed by atoms with Crippen molar-refractivity contribution >= 4 is 22.4 Å². The third kappa shape index (κ3) is 3.35. The van der Waals surface area contributed by atoms with Crippen molar-refractivity contribution in [2.24, 2.45) is 4.36 Å². The van der Waals surface area contributed by atoms with Gasteiger partial charge in [-0.25, -0.2) is 4.79 Å². The lowest BCUT2D eigenvalue weighted by atomic mass is 10.7. The normalized spacial score (nSPS) is 8.00. The summed E-state index contributed by atoms with van der Waals surface area (Å²) < 4.78 is 21.1. The Morgan fingerprint density at radius 1 is 1.33 bits per heavy atom. The molecule has 7 heteroatoms. The minimum Gasteiger partial charge on any atom is -0.474 e. The summed E-state index contributed by atoms with van der Waals surface area (Å²) in [6, 6.07) is 0. The van der Waals surface area contributed by atoms with Gasteiger partial charge in [-0.2, -0.15) is 8.42 Å². The topological polar surface area (TPSA) is 101 Å². The van der Waals surface area contributed by atoms with Crippen molar-refractivity contribution in [3.8, 4) is 0 Å². The summed E-state index contributed by atoms with van der Waals surface area (Å²) in [5.41, 5.74) is 0. The van der Waals surface area contributed by atoms with Crippen molar-refractivity contribution in [1.29, 1.82) is 0 Å². The number of hydrogen-bond donors (Lipinski definition) is 1. The van der Waals surface area contributed by atoms with Crippen molar-refractivity contribution in [2.75, 3.05) is 0 Å². The zero-order valence-corrected chi connectivity index (χ0v) is 4.75. The molecule has 0 aromatic carbocycles. The highest BCUT2D eigenvalue weighted by Crippen LogP contribution is 1.71. The van der Waals surface area contributed by atoms with E-state index in [4.69, 9.17) is 5.11 Å². The molecule has 0 aliphatic heterocycles. The molecule has 50 valence electrons. The van der Waals surface area contributed by atoms with Gasteiger partial charge >= 0.3 is 22.4 Å². The van der Waals surface area contributed by atoms with Crippen LogP contribution in [0.4, 0.5) is 0 Å². The molecule has 0 unspecified atom stereocenters. The summed E-state index contributed by atoms with van der Waals surface area (Å²) in [4.78, 5) is 19.3. The molecule has 0 heterocycles. The van der Waals surface area contributed by atoms with E-state index < -0.39 is 22.4 Å². The first kappa shape index (κ1) is 7.76. The molecule has 0 rings (SSSR count). The number of aliphatic carboxylic acids is 1. The zero-order chi connectivity index (χ0) is 7.44. The first-order chi connectivity index (χ1) is 4.04. The van der Waals surface area contributed by atoms with Gasteiger partial charge in [-0.15, -0.1) is 0 Å². The van der Waals surface area contributed by atoms with Crippen molar-refractivity contribution in [2.45, 2.75) is 0 Å². The van der Waals surface area contributed by atoms with Gasteiger partial charge in [-0.3, -0.25) is 4.79 Å². The Balaban J connectivity index is 4.47. The monoisotopic (exact) mass is 151 g/mol. The summed E-state index contributed by atoms with van der Waals surface area (Å²) in [5, 5.41) is 7.71. The first-order valence-electron chi connectivity index (χ1n) is 1.62. The molecular formula is C2HNO5S. The van der Waals surface area contributed by atoms with Crippen LogP contribution in [-0.2, 0) is 20.1 Å². The fourth-order valence-electron chi connectivity index (χ4n) is 0.107. The minimum atomic E-state index is -2.97. The van der Waals surface area contributed by atoms with Crippen molar-refractivity contribution in [3.05, 3.63) is 0 Å². The Morgan fingerprint density at radius 3 is 1.89 bits per heavy atom. The van der Waals surface area contributed by atoms with Gasteiger partial charge in [0.1, 0.15) is 0 Å². The van der Waals surface area contributed by atoms with Gasteiger partial charge in [-0.1, -0.05) is 4.36 Å². The van der Waals surface area contributed by atoms with E-state index in [0.29, 0.717) is 0 Å². The maximum absolute atomic E-state index is 9.79. The number of carboxylic acid groups (broad SMARTS) is 1. The van der Waals surface area contributed by atoms with E-state index in [1.54, 1.807) is 0 Å². The number of hydrogen-bond acceptors (Lipinski definition) is 4. The van der Waals surface area contributed by atoms with E-state index in [1.807, 2.05) is 0 Å². The van der Waals surface area contributed by atoms with E-state index in [1.165, 1.54) is 0 Å². The largest absolute Gasteiger partial charge is 0.474 e. The molecule has 0 atom stereocenters. The van der Waals surface area contributed by atoms with Gasteiger partial charge in [0.05, 0.1) is 0 Å². The second kappa shape index (κ2) is 2.92. The Bertz CT molecular complexity index is 253. The van der Waals surface area contributed by atoms with E-state index in [9.17, 15) is 18.0 Å². The lowest BCUT2D eigenvalue weighted by Crippen LogP contribution is -2.08. The first-order valence-corrected chi connectivity index (χ1v) is 2.65. The van der Waals surface area contributed by atoms with Crippen LogP contribution >= 0.6 is 0 Å².